The maximum absolute atomic E-state index is 13.3. The van der Waals surface area contributed by atoms with Crippen molar-refractivity contribution in [1.29, 1.82) is 0 Å². The Morgan fingerprint density at radius 3 is 1.27 bits per heavy atom. The molecule has 19 nitrogen and oxygen atoms in total. The molecule has 3 aliphatic rings. The number of amides is 1. The maximum Gasteiger partial charge on any atom is 0.220 e. The molecule has 3 saturated heterocycles. The van der Waals surface area contributed by atoms with E-state index < -0.39 is 124 Å². The lowest BCUT2D eigenvalue weighted by atomic mass is 9.96. The molecule has 3 fully saturated rings. The van der Waals surface area contributed by atoms with Gasteiger partial charge in [0.15, 0.2) is 18.9 Å². The van der Waals surface area contributed by atoms with Gasteiger partial charge in [-0.15, -0.1) is 0 Å². The fourth-order valence-electron chi connectivity index (χ4n) is 10.7. The van der Waals surface area contributed by atoms with E-state index >= 15 is 0 Å². The number of aliphatic hydroxyl groups is 11. The van der Waals surface area contributed by atoms with E-state index in [4.69, 9.17) is 28.4 Å². The van der Waals surface area contributed by atoms with E-state index in [1.54, 1.807) is 6.08 Å². The van der Waals surface area contributed by atoms with Gasteiger partial charge in [-0.1, -0.05) is 209 Å². The number of nitrogens with one attached hydrogen (secondary N) is 1. The molecule has 0 spiro atoms. The van der Waals surface area contributed by atoms with Gasteiger partial charge < -0.3 is 89.9 Å². The number of carbonyl (C=O) groups is 1. The van der Waals surface area contributed by atoms with Crippen LogP contribution in [0.25, 0.3) is 0 Å². The Morgan fingerprint density at radius 1 is 0.435 bits per heavy atom. The van der Waals surface area contributed by atoms with Gasteiger partial charge in [-0.2, -0.15) is 0 Å². The molecule has 0 saturated carbocycles. The molecule has 0 aromatic heterocycles. The van der Waals surface area contributed by atoms with Gasteiger partial charge in [0.2, 0.25) is 5.91 Å². The number of unbranched alkanes of at least 4 members (excludes halogenated alkanes) is 22. The van der Waals surface area contributed by atoms with E-state index in [0.29, 0.717) is 6.42 Å². The molecule has 17 unspecified atom stereocenters. The van der Waals surface area contributed by atoms with Crippen molar-refractivity contribution in [1.82, 2.24) is 5.32 Å². The van der Waals surface area contributed by atoms with Crippen LogP contribution in [-0.2, 0) is 33.2 Å². The summed E-state index contributed by atoms with van der Waals surface area (Å²) in [5.41, 5.74) is 0. The lowest BCUT2D eigenvalue weighted by Crippen LogP contribution is -2.66. The number of hydrogen-bond acceptors (Lipinski definition) is 18. The summed E-state index contributed by atoms with van der Waals surface area (Å²) in [6.07, 6.45) is 32.0. The molecular weight excluding hydrogens is 1090 g/mol. The van der Waals surface area contributed by atoms with Crippen LogP contribution in [0.2, 0.25) is 0 Å². The number of ether oxygens (including phenoxy) is 6. The smallest absolute Gasteiger partial charge is 0.220 e. The average molecular weight is 1210 g/mol. The molecule has 3 aliphatic heterocycles. The Labute approximate surface area is 508 Å². The van der Waals surface area contributed by atoms with Crippen molar-refractivity contribution in [3.05, 3.63) is 72.9 Å². The first-order chi connectivity index (χ1) is 41.3. The highest BCUT2D eigenvalue weighted by Crippen LogP contribution is 2.33. The molecule has 17 atom stereocenters. The third-order valence-electron chi connectivity index (χ3n) is 16.0. The summed E-state index contributed by atoms with van der Waals surface area (Å²) < 4.78 is 34.2. The number of carbonyl (C=O) groups excluding carboxylic acids is 1. The van der Waals surface area contributed by atoms with Crippen LogP contribution in [0.3, 0.4) is 0 Å². The van der Waals surface area contributed by atoms with Crippen molar-refractivity contribution in [2.24, 2.45) is 0 Å². The Kier molecular flexibility index (Phi) is 43.3. The highest BCUT2D eigenvalue weighted by Gasteiger charge is 2.53. The van der Waals surface area contributed by atoms with Crippen LogP contribution < -0.4 is 5.32 Å². The van der Waals surface area contributed by atoms with Crippen LogP contribution in [-0.4, -0.2) is 193 Å². The van der Waals surface area contributed by atoms with Crippen LogP contribution in [0.5, 0.6) is 0 Å². The molecular formula is C66H115NO18. The van der Waals surface area contributed by atoms with E-state index in [-0.39, 0.29) is 18.9 Å². The topological polar surface area (TPSA) is 307 Å². The zero-order chi connectivity index (χ0) is 61.9. The van der Waals surface area contributed by atoms with Crippen molar-refractivity contribution in [2.75, 3.05) is 26.4 Å². The highest BCUT2D eigenvalue weighted by molar-refractivity contribution is 5.76. The first-order valence-corrected chi connectivity index (χ1v) is 32.7. The third-order valence-corrected chi connectivity index (χ3v) is 16.0. The Morgan fingerprint density at radius 2 is 0.812 bits per heavy atom. The molecule has 0 aromatic carbocycles. The van der Waals surface area contributed by atoms with Crippen molar-refractivity contribution in [3.8, 4) is 0 Å². The zero-order valence-corrected chi connectivity index (χ0v) is 51.6. The van der Waals surface area contributed by atoms with E-state index in [1.165, 1.54) is 103 Å². The molecule has 0 aliphatic carbocycles. The summed E-state index contributed by atoms with van der Waals surface area (Å²) in [4.78, 5) is 13.3. The third kappa shape index (κ3) is 31.0. The fraction of sp³-hybridized carbons (Fsp3) is 0.803. The SMILES string of the molecule is CC/C=C\C/C=C\C/C=C\C/C=C\C/C=C\CCCCCCCCCCCCCCCCCC(=O)NC(COC1OC(CO)C(OC2OC(CO)C(OC3OC(CO)C(O)C(O)C3O)C(O)C2O)C(O)C1O)C(O)/C=C/CCCCCCCCC. The molecule has 3 heterocycles. The Balaban J connectivity index is 1.36. The number of rotatable bonds is 48. The normalized spacial score (nSPS) is 29.4. The molecule has 3 rings (SSSR count). The van der Waals surface area contributed by atoms with Crippen LogP contribution in [0.1, 0.15) is 206 Å². The van der Waals surface area contributed by atoms with Gasteiger partial charge in [-0.25, -0.2) is 0 Å². The van der Waals surface area contributed by atoms with E-state index in [1.807, 2.05) is 6.08 Å². The largest absolute Gasteiger partial charge is 0.394 e. The predicted octanol–water partition coefficient (Wildman–Crippen LogP) is 7.38. The molecule has 1 amide bonds. The van der Waals surface area contributed by atoms with Crippen LogP contribution in [0, 0.1) is 0 Å². The molecule has 0 radical (unpaired) electrons. The molecule has 492 valence electrons. The lowest BCUT2D eigenvalue weighted by molar-refractivity contribution is -0.379. The van der Waals surface area contributed by atoms with Crippen molar-refractivity contribution in [3.63, 3.8) is 0 Å². The highest BCUT2D eigenvalue weighted by atomic mass is 16.8. The van der Waals surface area contributed by atoms with Crippen molar-refractivity contribution in [2.45, 2.75) is 311 Å². The molecule has 85 heavy (non-hydrogen) atoms. The second-order valence-corrected chi connectivity index (χ2v) is 23.2. The van der Waals surface area contributed by atoms with Gasteiger partial charge in [0.1, 0.15) is 73.2 Å². The standard InChI is InChI=1S/C66H115NO18/c1-3-5-7-9-11-13-14-15-16-17-18-19-20-21-22-23-24-25-26-27-28-29-30-31-32-33-34-36-38-40-42-44-54(72)67-49(50(71)43-41-39-37-35-12-10-8-6-4-2)48-80-64-60(78)57(75)62(52(46-69)82-64)85-66-61(79)58(76)63(53(47-70)83-66)84-65-59(77)56(74)55(73)51(45-68)81-65/h5,7,11,13,15-16,18-19,21-22,41,43,49-53,55-66,68-71,73-79H,3-4,6,8-10,12,14,17,20,23-40,42,44-48H2,1-2H3,(H,67,72)/b7-5-,13-11-,16-15-,19-18-,22-21-,43-41+. The van der Waals surface area contributed by atoms with Gasteiger partial charge in [0.25, 0.3) is 0 Å². The Hall–Kier alpha value is -2.77. The first kappa shape index (κ1) is 76.5. The molecule has 19 heteroatoms. The monoisotopic (exact) mass is 1210 g/mol. The van der Waals surface area contributed by atoms with Crippen LogP contribution in [0.15, 0.2) is 72.9 Å². The summed E-state index contributed by atoms with van der Waals surface area (Å²) >= 11 is 0. The van der Waals surface area contributed by atoms with Gasteiger partial charge >= 0.3 is 0 Å². The zero-order valence-electron chi connectivity index (χ0n) is 51.6. The minimum Gasteiger partial charge on any atom is -0.394 e. The number of aliphatic hydroxyl groups excluding tert-OH is 11. The lowest BCUT2D eigenvalue weighted by Gasteiger charge is -2.48. The minimum absolute atomic E-state index is 0.240. The fourth-order valence-corrected chi connectivity index (χ4v) is 10.7. The van der Waals surface area contributed by atoms with E-state index in [9.17, 15) is 61.0 Å². The van der Waals surface area contributed by atoms with Crippen molar-refractivity contribution >= 4 is 5.91 Å². The number of allylic oxidation sites excluding steroid dienone is 11. The van der Waals surface area contributed by atoms with E-state index in [0.717, 1.165) is 77.0 Å². The number of hydrogen-bond donors (Lipinski definition) is 12. The summed E-state index contributed by atoms with van der Waals surface area (Å²) in [5, 5.41) is 120. The second-order valence-electron chi connectivity index (χ2n) is 23.2. The predicted molar refractivity (Wildman–Crippen MR) is 328 cm³/mol. The molecule has 12 N–H and O–H groups in total. The summed E-state index contributed by atoms with van der Waals surface area (Å²) in [7, 11) is 0. The molecule has 0 aromatic rings. The minimum atomic E-state index is -1.98. The first-order valence-electron chi connectivity index (χ1n) is 32.7. The van der Waals surface area contributed by atoms with Crippen molar-refractivity contribution < 1.29 is 89.4 Å². The van der Waals surface area contributed by atoms with Crippen LogP contribution >= 0.6 is 0 Å². The van der Waals surface area contributed by atoms with Gasteiger partial charge in [-0.3, -0.25) is 4.79 Å². The average Bonchev–Trinajstić information content (AvgIpc) is 2.29. The van der Waals surface area contributed by atoms with Gasteiger partial charge in [0.05, 0.1) is 38.6 Å². The Bertz CT molecular complexity index is 1830. The second kappa shape index (κ2) is 48.1. The summed E-state index contributed by atoms with van der Waals surface area (Å²) in [6, 6.07) is -0.973. The van der Waals surface area contributed by atoms with Gasteiger partial charge in [-0.05, 0) is 64.2 Å². The van der Waals surface area contributed by atoms with Crippen LogP contribution in [0.4, 0.5) is 0 Å². The summed E-state index contributed by atoms with van der Waals surface area (Å²) in [6.45, 7) is 1.56. The van der Waals surface area contributed by atoms with E-state index in [2.05, 4.69) is 79.9 Å². The quantitative estimate of drug-likeness (QED) is 0.0209. The summed E-state index contributed by atoms with van der Waals surface area (Å²) in [5.74, 6) is -0.281. The molecule has 0 bridgehead atoms. The maximum atomic E-state index is 13.3. The van der Waals surface area contributed by atoms with Gasteiger partial charge in [0, 0.05) is 6.42 Å².